The minimum atomic E-state index is -0.430. The van der Waals surface area contributed by atoms with E-state index in [0.717, 1.165) is 18.4 Å². The Morgan fingerprint density at radius 2 is 2.06 bits per heavy atom. The number of nitrogens with zero attached hydrogens (tertiary/aromatic N) is 1. The SMILES string of the molecule is CCOc1cc(/C=C(\C#N)C(=O)NC[C@H]2CCCO2)ccc1OCc1ccc(Cl)c(Cl)c1. The summed E-state index contributed by atoms with van der Waals surface area (Å²) in [6.45, 7) is 3.68. The number of benzene rings is 2. The molecule has 6 nitrogen and oxygen atoms in total. The fraction of sp³-hybridized carbons (Fsp3) is 0.333. The quantitative estimate of drug-likeness (QED) is 0.400. The molecular formula is C24H24Cl2N2O4. The highest BCUT2D eigenvalue weighted by molar-refractivity contribution is 6.42. The van der Waals surface area contributed by atoms with E-state index in [4.69, 9.17) is 37.4 Å². The van der Waals surface area contributed by atoms with Gasteiger partial charge in [0.25, 0.3) is 5.91 Å². The minimum Gasteiger partial charge on any atom is -0.490 e. The predicted molar refractivity (Wildman–Crippen MR) is 124 cm³/mol. The molecule has 0 unspecified atom stereocenters. The van der Waals surface area contributed by atoms with Gasteiger partial charge in [0.2, 0.25) is 0 Å². The van der Waals surface area contributed by atoms with Gasteiger partial charge in [-0.3, -0.25) is 4.79 Å². The molecule has 0 spiro atoms. The molecule has 1 amide bonds. The maximum atomic E-state index is 12.4. The third kappa shape index (κ3) is 6.64. The van der Waals surface area contributed by atoms with E-state index in [1.165, 1.54) is 6.08 Å². The normalized spacial score (nSPS) is 15.8. The van der Waals surface area contributed by atoms with Crippen LogP contribution in [0.3, 0.4) is 0 Å². The van der Waals surface area contributed by atoms with E-state index in [2.05, 4.69) is 5.32 Å². The van der Waals surface area contributed by atoms with Crippen molar-refractivity contribution in [3.63, 3.8) is 0 Å². The largest absolute Gasteiger partial charge is 0.490 e. The van der Waals surface area contributed by atoms with Crippen molar-refractivity contribution >= 4 is 35.2 Å². The Morgan fingerprint density at radius 1 is 1.22 bits per heavy atom. The highest BCUT2D eigenvalue weighted by Crippen LogP contribution is 2.31. The molecule has 0 aliphatic carbocycles. The van der Waals surface area contributed by atoms with Crippen LogP contribution in [-0.4, -0.2) is 31.8 Å². The van der Waals surface area contributed by atoms with Gasteiger partial charge in [0, 0.05) is 13.2 Å². The topological polar surface area (TPSA) is 80.6 Å². The molecule has 3 rings (SSSR count). The summed E-state index contributed by atoms with van der Waals surface area (Å²) >= 11 is 12.0. The van der Waals surface area contributed by atoms with Crippen molar-refractivity contribution in [2.45, 2.75) is 32.5 Å². The molecule has 32 heavy (non-hydrogen) atoms. The number of amides is 1. The predicted octanol–water partition coefficient (Wildman–Crippen LogP) is 5.17. The summed E-state index contributed by atoms with van der Waals surface area (Å²) in [4.78, 5) is 12.4. The van der Waals surface area contributed by atoms with E-state index in [-0.39, 0.29) is 18.3 Å². The number of nitriles is 1. The number of carbonyl (C=O) groups excluding carboxylic acids is 1. The summed E-state index contributed by atoms with van der Waals surface area (Å²) < 4.78 is 17.1. The van der Waals surface area contributed by atoms with Crippen LogP contribution in [0.1, 0.15) is 30.9 Å². The van der Waals surface area contributed by atoms with E-state index in [9.17, 15) is 10.1 Å². The van der Waals surface area contributed by atoms with Crippen molar-refractivity contribution in [1.29, 1.82) is 5.26 Å². The standard InChI is InChI=1S/C24H24Cl2N2O4/c1-2-30-23-12-16(10-18(13-27)24(29)28-14-19-4-3-9-31-19)6-8-22(23)32-15-17-5-7-20(25)21(26)11-17/h5-8,10-12,19H,2-4,9,14-15H2,1H3,(H,28,29)/b18-10+/t19-/m1/s1. The summed E-state index contributed by atoms with van der Waals surface area (Å²) in [6, 6.07) is 12.5. The zero-order valence-corrected chi connectivity index (χ0v) is 19.2. The molecule has 1 aliphatic rings. The molecule has 1 N–H and O–H groups in total. The van der Waals surface area contributed by atoms with Gasteiger partial charge in [0.15, 0.2) is 11.5 Å². The van der Waals surface area contributed by atoms with Crippen molar-refractivity contribution in [1.82, 2.24) is 5.32 Å². The van der Waals surface area contributed by atoms with Crippen molar-refractivity contribution in [2.24, 2.45) is 0 Å². The van der Waals surface area contributed by atoms with Gasteiger partial charge in [-0.15, -0.1) is 0 Å². The fourth-order valence-corrected chi connectivity index (χ4v) is 3.54. The van der Waals surface area contributed by atoms with Gasteiger partial charge in [0.05, 0.1) is 22.8 Å². The van der Waals surface area contributed by atoms with Gasteiger partial charge in [-0.25, -0.2) is 0 Å². The summed E-state index contributed by atoms with van der Waals surface area (Å²) in [5.41, 5.74) is 1.52. The molecule has 0 aromatic heterocycles. The number of halogens is 2. The first kappa shape index (κ1) is 23.9. The molecule has 1 atom stereocenters. The van der Waals surface area contributed by atoms with E-state index < -0.39 is 5.91 Å². The summed E-state index contributed by atoms with van der Waals surface area (Å²) in [7, 11) is 0. The number of hydrogen-bond acceptors (Lipinski definition) is 5. The molecule has 168 valence electrons. The second-order valence-corrected chi connectivity index (χ2v) is 8.01. The van der Waals surface area contributed by atoms with Crippen LogP contribution < -0.4 is 14.8 Å². The Bertz CT molecular complexity index is 1030. The van der Waals surface area contributed by atoms with Crippen molar-refractivity contribution in [2.75, 3.05) is 19.8 Å². The number of ether oxygens (including phenoxy) is 3. The minimum absolute atomic E-state index is 0.00919. The van der Waals surface area contributed by atoms with Crippen LogP contribution in [0.2, 0.25) is 10.0 Å². The summed E-state index contributed by atoms with van der Waals surface area (Å²) in [6.07, 6.45) is 3.43. The van der Waals surface area contributed by atoms with Gasteiger partial charge in [-0.05, 0) is 61.2 Å². The van der Waals surface area contributed by atoms with Crippen LogP contribution >= 0.6 is 23.2 Å². The van der Waals surface area contributed by atoms with E-state index in [0.29, 0.717) is 46.9 Å². The molecule has 1 saturated heterocycles. The first-order chi connectivity index (χ1) is 15.5. The molecule has 1 fully saturated rings. The van der Waals surface area contributed by atoms with Crippen LogP contribution in [0, 0.1) is 11.3 Å². The molecule has 8 heteroatoms. The number of nitrogens with one attached hydrogen (secondary N) is 1. The van der Waals surface area contributed by atoms with Crippen LogP contribution in [-0.2, 0) is 16.1 Å². The summed E-state index contributed by atoms with van der Waals surface area (Å²) in [5, 5.41) is 13.1. The van der Waals surface area contributed by atoms with E-state index >= 15 is 0 Å². The lowest BCUT2D eigenvalue weighted by atomic mass is 10.1. The Balaban J connectivity index is 1.70. The lowest BCUT2D eigenvalue weighted by Crippen LogP contribution is -2.32. The van der Waals surface area contributed by atoms with E-state index in [1.54, 1.807) is 30.3 Å². The Labute approximate surface area is 197 Å². The van der Waals surface area contributed by atoms with Crippen LogP contribution in [0.5, 0.6) is 11.5 Å². The zero-order chi connectivity index (χ0) is 22.9. The first-order valence-electron chi connectivity index (χ1n) is 10.3. The average Bonchev–Trinajstić information content (AvgIpc) is 3.31. The number of hydrogen-bond donors (Lipinski definition) is 1. The Kier molecular flexibility index (Phi) is 8.81. The van der Waals surface area contributed by atoms with Gasteiger partial charge in [-0.1, -0.05) is 35.3 Å². The first-order valence-corrected chi connectivity index (χ1v) is 11.1. The zero-order valence-electron chi connectivity index (χ0n) is 17.7. The Morgan fingerprint density at radius 3 is 2.75 bits per heavy atom. The van der Waals surface area contributed by atoms with Crippen molar-refractivity contribution in [3.05, 3.63) is 63.1 Å². The average molecular weight is 475 g/mol. The van der Waals surface area contributed by atoms with Crippen molar-refractivity contribution in [3.8, 4) is 17.6 Å². The maximum absolute atomic E-state index is 12.4. The molecule has 1 aliphatic heterocycles. The Hall–Kier alpha value is -2.72. The van der Waals surface area contributed by atoms with Crippen LogP contribution in [0.4, 0.5) is 0 Å². The third-order valence-corrected chi connectivity index (χ3v) is 5.58. The lowest BCUT2D eigenvalue weighted by molar-refractivity contribution is -0.117. The fourth-order valence-electron chi connectivity index (χ4n) is 3.21. The highest BCUT2D eigenvalue weighted by atomic mass is 35.5. The molecule has 0 saturated carbocycles. The number of carbonyl (C=O) groups is 1. The second kappa shape index (κ2) is 11.8. The summed E-state index contributed by atoms with van der Waals surface area (Å²) in [5.74, 6) is 0.621. The van der Waals surface area contributed by atoms with E-state index in [1.807, 2.05) is 19.1 Å². The van der Waals surface area contributed by atoms with Gasteiger partial charge >= 0.3 is 0 Å². The molecule has 0 radical (unpaired) electrons. The molecule has 1 heterocycles. The smallest absolute Gasteiger partial charge is 0.262 e. The third-order valence-electron chi connectivity index (χ3n) is 4.84. The monoisotopic (exact) mass is 474 g/mol. The van der Waals surface area contributed by atoms with Crippen molar-refractivity contribution < 1.29 is 19.0 Å². The molecular weight excluding hydrogens is 451 g/mol. The maximum Gasteiger partial charge on any atom is 0.262 e. The molecule has 2 aromatic rings. The second-order valence-electron chi connectivity index (χ2n) is 7.19. The van der Waals surface area contributed by atoms with Gasteiger partial charge < -0.3 is 19.5 Å². The van der Waals surface area contributed by atoms with Crippen LogP contribution in [0.25, 0.3) is 6.08 Å². The van der Waals surface area contributed by atoms with Gasteiger partial charge in [0.1, 0.15) is 18.2 Å². The molecule has 0 bridgehead atoms. The lowest BCUT2D eigenvalue weighted by Gasteiger charge is -2.13. The highest BCUT2D eigenvalue weighted by Gasteiger charge is 2.18. The van der Waals surface area contributed by atoms with Crippen LogP contribution in [0.15, 0.2) is 42.0 Å². The number of rotatable bonds is 9. The molecule has 2 aromatic carbocycles. The van der Waals surface area contributed by atoms with Gasteiger partial charge in [-0.2, -0.15) is 5.26 Å².